The van der Waals surface area contributed by atoms with Crippen molar-refractivity contribution in [1.29, 1.82) is 0 Å². The van der Waals surface area contributed by atoms with E-state index < -0.39 is 5.91 Å². The van der Waals surface area contributed by atoms with Crippen LogP contribution in [0, 0.1) is 0 Å². The Labute approximate surface area is 178 Å². The Morgan fingerprint density at radius 1 is 1.07 bits per heavy atom. The molecule has 0 unspecified atom stereocenters. The second-order valence-electron chi connectivity index (χ2n) is 7.16. The minimum atomic E-state index is -0.586. The van der Waals surface area contributed by atoms with Crippen LogP contribution in [0.3, 0.4) is 0 Å². The van der Waals surface area contributed by atoms with Gasteiger partial charge in [0.2, 0.25) is 5.88 Å². The average molecular weight is 420 g/mol. The van der Waals surface area contributed by atoms with Gasteiger partial charge in [-0.2, -0.15) is 0 Å². The molecule has 152 valence electrons. The molecule has 0 saturated heterocycles. The molecule has 0 aliphatic carbocycles. The van der Waals surface area contributed by atoms with Gasteiger partial charge < -0.3 is 15.5 Å². The minimum Gasteiger partial charge on any atom is -0.505 e. The number of hydrogen-bond donors (Lipinski definition) is 3. The van der Waals surface area contributed by atoms with Crippen molar-refractivity contribution >= 4 is 22.9 Å². The topological polar surface area (TPSA) is 87.4 Å². The van der Waals surface area contributed by atoms with Gasteiger partial charge in [0.15, 0.2) is 10.9 Å². The van der Waals surface area contributed by atoms with Gasteiger partial charge in [-0.1, -0.05) is 62.4 Å². The van der Waals surface area contributed by atoms with Crippen molar-refractivity contribution in [1.82, 2.24) is 9.55 Å². The SMILES string of the molecule is CC(C)c1ccccc1NC(=O)c1c(O)cn(-c2nc(-c3ccccc3)cs2)c1O. The van der Waals surface area contributed by atoms with Gasteiger partial charge in [0.1, 0.15) is 5.56 Å². The first-order valence-electron chi connectivity index (χ1n) is 9.50. The van der Waals surface area contributed by atoms with Crippen LogP contribution in [0.2, 0.25) is 0 Å². The van der Waals surface area contributed by atoms with E-state index in [9.17, 15) is 15.0 Å². The summed E-state index contributed by atoms with van der Waals surface area (Å²) in [7, 11) is 0. The monoisotopic (exact) mass is 419 g/mol. The molecule has 0 saturated carbocycles. The van der Waals surface area contributed by atoms with Crippen molar-refractivity contribution in [3.8, 4) is 28.0 Å². The fourth-order valence-corrected chi connectivity index (χ4v) is 4.07. The molecule has 0 spiro atoms. The Bertz CT molecular complexity index is 1200. The third kappa shape index (κ3) is 3.67. The molecule has 0 aliphatic rings. The molecule has 7 heteroatoms. The zero-order chi connectivity index (χ0) is 21.3. The maximum atomic E-state index is 12.8. The fraction of sp³-hybridized carbons (Fsp3) is 0.130. The Hall–Kier alpha value is -3.58. The number of aromatic hydroxyl groups is 2. The molecule has 0 fully saturated rings. The third-order valence-corrected chi connectivity index (χ3v) is 5.62. The minimum absolute atomic E-state index is 0.190. The first kappa shape index (κ1) is 19.7. The quantitative estimate of drug-likeness (QED) is 0.405. The zero-order valence-corrected chi connectivity index (χ0v) is 17.4. The third-order valence-electron chi connectivity index (χ3n) is 4.79. The Morgan fingerprint density at radius 2 is 1.77 bits per heavy atom. The van der Waals surface area contributed by atoms with Crippen molar-refractivity contribution in [2.24, 2.45) is 0 Å². The number of anilines is 1. The van der Waals surface area contributed by atoms with Crippen molar-refractivity contribution in [3.63, 3.8) is 0 Å². The van der Waals surface area contributed by atoms with E-state index in [0.717, 1.165) is 16.8 Å². The zero-order valence-electron chi connectivity index (χ0n) is 16.5. The smallest absolute Gasteiger partial charge is 0.264 e. The molecule has 0 radical (unpaired) electrons. The van der Waals surface area contributed by atoms with E-state index in [0.29, 0.717) is 10.8 Å². The molecule has 2 aromatic carbocycles. The van der Waals surface area contributed by atoms with E-state index in [2.05, 4.69) is 10.3 Å². The summed E-state index contributed by atoms with van der Waals surface area (Å²) in [4.78, 5) is 17.4. The lowest BCUT2D eigenvalue weighted by atomic mass is 10.0. The van der Waals surface area contributed by atoms with Crippen LogP contribution in [-0.2, 0) is 0 Å². The van der Waals surface area contributed by atoms with Gasteiger partial charge in [-0.05, 0) is 17.5 Å². The maximum Gasteiger partial charge on any atom is 0.264 e. The predicted molar refractivity (Wildman–Crippen MR) is 119 cm³/mol. The van der Waals surface area contributed by atoms with E-state index in [-0.39, 0.29) is 23.1 Å². The number of amides is 1. The second-order valence-corrected chi connectivity index (χ2v) is 8.00. The number of carbonyl (C=O) groups is 1. The molecule has 0 bridgehead atoms. The van der Waals surface area contributed by atoms with Crippen LogP contribution in [0.15, 0.2) is 66.2 Å². The molecule has 1 amide bonds. The number of nitrogens with zero attached hydrogens (tertiary/aromatic N) is 2. The van der Waals surface area contributed by atoms with Gasteiger partial charge in [0, 0.05) is 16.6 Å². The number of para-hydroxylation sites is 1. The van der Waals surface area contributed by atoms with Gasteiger partial charge in [-0.15, -0.1) is 11.3 Å². The summed E-state index contributed by atoms with van der Waals surface area (Å²) in [5, 5.41) is 26.1. The summed E-state index contributed by atoms with van der Waals surface area (Å²) in [6.07, 6.45) is 1.30. The molecule has 0 aliphatic heterocycles. The molecule has 0 atom stereocenters. The summed E-state index contributed by atoms with van der Waals surface area (Å²) in [6, 6.07) is 17.1. The highest BCUT2D eigenvalue weighted by Crippen LogP contribution is 2.35. The van der Waals surface area contributed by atoms with Crippen LogP contribution in [0.5, 0.6) is 11.6 Å². The van der Waals surface area contributed by atoms with E-state index in [1.54, 1.807) is 6.07 Å². The number of thiazole rings is 1. The van der Waals surface area contributed by atoms with Gasteiger partial charge in [-0.3, -0.25) is 9.36 Å². The van der Waals surface area contributed by atoms with Crippen molar-refractivity contribution in [2.75, 3.05) is 5.32 Å². The van der Waals surface area contributed by atoms with Gasteiger partial charge in [0.25, 0.3) is 5.91 Å². The lowest BCUT2D eigenvalue weighted by molar-refractivity contribution is 0.102. The van der Waals surface area contributed by atoms with Crippen molar-refractivity contribution in [2.45, 2.75) is 19.8 Å². The average Bonchev–Trinajstić information content (AvgIpc) is 3.33. The number of aromatic nitrogens is 2. The van der Waals surface area contributed by atoms with Crippen LogP contribution in [0.4, 0.5) is 5.69 Å². The van der Waals surface area contributed by atoms with Gasteiger partial charge in [0.05, 0.1) is 11.9 Å². The first-order valence-corrected chi connectivity index (χ1v) is 10.4. The molecule has 30 heavy (non-hydrogen) atoms. The van der Waals surface area contributed by atoms with E-state index >= 15 is 0 Å². The second kappa shape index (κ2) is 8.04. The molecular formula is C23H21N3O3S. The molecule has 3 N–H and O–H groups in total. The van der Waals surface area contributed by atoms with Crippen LogP contribution < -0.4 is 5.32 Å². The fourth-order valence-electron chi connectivity index (χ4n) is 3.26. The lowest BCUT2D eigenvalue weighted by Gasteiger charge is -2.13. The van der Waals surface area contributed by atoms with Crippen molar-refractivity contribution in [3.05, 3.63) is 77.3 Å². The predicted octanol–water partition coefficient (Wildman–Crippen LogP) is 5.39. The standard InChI is InChI=1S/C23H21N3O3S/c1-14(2)16-10-6-7-11-17(16)24-21(28)20-19(27)12-26(22(20)29)23-25-18(13-30-23)15-8-4-3-5-9-15/h3-14,27,29H,1-2H3,(H,24,28). The van der Waals surface area contributed by atoms with Crippen LogP contribution in [-0.4, -0.2) is 25.7 Å². The van der Waals surface area contributed by atoms with Crippen LogP contribution in [0.1, 0.15) is 35.7 Å². The van der Waals surface area contributed by atoms with Gasteiger partial charge in [-0.25, -0.2) is 4.98 Å². The van der Waals surface area contributed by atoms with E-state index in [1.807, 2.05) is 67.8 Å². The Balaban J connectivity index is 1.65. The maximum absolute atomic E-state index is 12.8. The summed E-state index contributed by atoms with van der Waals surface area (Å²) in [5.41, 5.74) is 3.12. The molecule has 2 heterocycles. The first-order chi connectivity index (χ1) is 14.5. The number of benzene rings is 2. The molecule has 2 aromatic heterocycles. The van der Waals surface area contributed by atoms with E-state index in [4.69, 9.17) is 0 Å². The highest BCUT2D eigenvalue weighted by molar-refractivity contribution is 7.12. The molecule has 4 rings (SSSR count). The largest absolute Gasteiger partial charge is 0.505 e. The molecular weight excluding hydrogens is 398 g/mol. The number of hydrogen-bond acceptors (Lipinski definition) is 5. The number of rotatable bonds is 5. The summed E-state index contributed by atoms with van der Waals surface area (Å²) in [6.45, 7) is 4.06. The Kier molecular flexibility index (Phi) is 5.29. The summed E-state index contributed by atoms with van der Waals surface area (Å²) >= 11 is 1.30. The van der Waals surface area contributed by atoms with Crippen LogP contribution in [0.25, 0.3) is 16.4 Å². The van der Waals surface area contributed by atoms with E-state index in [1.165, 1.54) is 22.1 Å². The van der Waals surface area contributed by atoms with Gasteiger partial charge >= 0.3 is 0 Å². The molecule has 6 nitrogen and oxygen atoms in total. The Morgan fingerprint density at radius 3 is 2.50 bits per heavy atom. The normalized spacial score (nSPS) is 11.0. The summed E-state index contributed by atoms with van der Waals surface area (Å²) in [5.74, 6) is -1.05. The highest BCUT2D eigenvalue weighted by Gasteiger charge is 2.24. The highest BCUT2D eigenvalue weighted by atomic mass is 32.1. The van der Waals surface area contributed by atoms with Crippen molar-refractivity contribution < 1.29 is 15.0 Å². The van der Waals surface area contributed by atoms with Crippen LogP contribution >= 0.6 is 11.3 Å². The molecule has 4 aromatic rings. The number of carbonyl (C=O) groups excluding carboxylic acids is 1. The number of nitrogens with one attached hydrogen (secondary N) is 1. The summed E-state index contributed by atoms with van der Waals surface area (Å²) < 4.78 is 1.32. The lowest BCUT2D eigenvalue weighted by Crippen LogP contribution is -2.13.